The van der Waals surface area contributed by atoms with Gasteiger partial charge in [-0.05, 0) is 24.6 Å². The van der Waals surface area contributed by atoms with Gasteiger partial charge in [0.2, 0.25) is 11.8 Å². The van der Waals surface area contributed by atoms with Gasteiger partial charge in [-0.1, -0.05) is 17.7 Å². The molecule has 0 aromatic heterocycles. The van der Waals surface area contributed by atoms with Crippen molar-refractivity contribution in [1.29, 1.82) is 0 Å². The van der Waals surface area contributed by atoms with Gasteiger partial charge in [0.1, 0.15) is 0 Å². The summed E-state index contributed by atoms with van der Waals surface area (Å²) in [4.78, 5) is 23.5. The van der Waals surface area contributed by atoms with Crippen molar-refractivity contribution >= 4 is 40.9 Å². The van der Waals surface area contributed by atoms with Crippen molar-refractivity contribution in [3.8, 4) is 0 Å². The van der Waals surface area contributed by atoms with Gasteiger partial charge in [-0.15, -0.1) is 11.8 Å². The van der Waals surface area contributed by atoms with Crippen LogP contribution in [0.25, 0.3) is 0 Å². The molecule has 0 aliphatic carbocycles. The molecule has 108 valence electrons. The normalized spacial score (nSPS) is 17.8. The van der Waals surface area contributed by atoms with E-state index in [4.69, 9.17) is 11.6 Å². The maximum atomic E-state index is 11.8. The Morgan fingerprint density at radius 2 is 2.30 bits per heavy atom. The fourth-order valence-electron chi connectivity index (χ4n) is 1.77. The summed E-state index contributed by atoms with van der Waals surface area (Å²) >= 11 is 7.69. The number of amides is 2. The number of halogens is 1. The predicted molar refractivity (Wildman–Crippen MR) is 82.1 cm³/mol. The van der Waals surface area contributed by atoms with E-state index in [0.29, 0.717) is 10.7 Å². The first-order valence-electron chi connectivity index (χ1n) is 6.21. The molecule has 0 radical (unpaired) electrons. The Balaban J connectivity index is 1.81. The van der Waals surface area contributed by atoms with Gasteiger partial charge in [0.25, 0.3) is 0 Å². The highest BCUT2D eigenvalue weighted by Crippen LogP contribution is 2.22. The molecule has 1 saturated heterocycles. The van der Waals surface area contributed by atoms with Crippen LogP contribution >= 0.6 is 23.4 Å². The lowest BCUT2D eigenvalue weighted by Crippen LogP contribution is -2.44. The van der Waals surface area contributed by atoms with Crippen molar-refractivity contribution in [2.24, 2.45) is 0 Å². The zero-order valence-corrected chi connectivity index (χ0v) is 12.6. The summed E-state index contributed by atoms with van der Waals surface area (Å²) in [5.74, 6) is 1.05. The average molecular weight is 314 g/mol. The summed E-state index contributed by atoms with van der Waals surface area (Å²) in [6.45, 7) is 1.86. The highest BCUT2D eigenvalue weighted by Gasteiger charge is 2.22. The molecule has 5 nitrogen and oxygen atoms in total. The van der Waals surface area contributed by atoms with E-state index in [1.54, 1.807) is 23.9 Å². The van der Waals surface area contributed by atoms with Gasteiger partial charge in [-0.25, -0.2) is 0 Å². The standard InChI is InChI=1S/C13H16ClN3O2S/c1-8-2-3-10(9(14)4-8)17-12(18)5-15-13(19)11-6-20-7-16-11/h2-4,11,16H,5-7H2,1H3,(H,15,19)(H,17,18). The fourth-order valence-corrected chi connectivity index (χ4v) is 2.99. The number of hydrogen-bond donors (Lipinski definition) is 3. The zero-order chi connectivity index (χ0) is 14.5. The van der Waals surface area contributed by atoms with Gasteiger partial charge < -0.3 is 10.6 Å². The van der Waals surface area contributed by atoms with E-state index in [0.717, 1.165) is 17.2 Å². The number of rotatable bonds is 4. The van der Waals surface area contributed by atoms with Crippen LogP contribution in [-0.4, -0.2) is 36.0 Å². The lowest BCUT2D eigenvalue weighted by atomic mass is 10.2. The lowest BCUT2D eigenvalue weighted by molar-refractivity contribution is -0.125. The first kappa shape index (κ1) is 15.2. The highest BCUT2D eigenvalue weighted by molar-refractivity contribution is 7.99. The highest BCUT2D eigenvalue weighted by atomic mass is 35.5. The molecule has 1 heterocycles. The molecule has 1 aliphatic rings. The van der Waals surface area contributed by atoms with E-state index in [1.807, 2.05) is 13.0 Å². The molecule has 1 aromatic carbocycles. The molecule has 0 spiro atoms. The second-order valence-corrected chi connectivity index (χ2v) is 5.96. The van der Waals surface area contributed by atoms with Crippen molar-refractivity contribution in [3.05, 3.63) is 28.8 Å². The van der Waals surface area contributed by atoms with Gasteiger partial charge in [0.05, 0.1) is 23.3 Å². The van der Waals surface area contributed by atoms with Crippen LogP contribution in [0.1, 0.15) is 5.56 Å². The Morgan fingerprint density at radius 1 is 1.50 bits per heavy atom. The van der Waals surface area contributed by atoms with Crippen molar-refractivity contribution < 1.29 is 9.59 Å². The summed E-state index contributed by atoms with van der Waals surface area (Å²) in [5.41, 5.74) is 1.57. The topological polar surface area (TPSA) is 70.2 Å². The molecule has 0 saturated carbocycles. The molecule has 3 N–H and O–H groups in total. The number of carbonyl (C=O) groups excluding carboxylic acids is 2. The molecule has 2 rings (SSSR count). The summed E-state index contributed by atoms with van der Waals surface area (Å²) in [6.07, 6.45) is 0. The molecule has 2 amide bonds. The van der Waals surface area contributed by atoms with E-state index in [9.17, 15) is 9.59 Å². The van der Waals surface area contributed by atoms with Gasteiger partial charge in [-0.2, -0.15) is 0 Å². The molecule has 1 aliphatic heterocycles. The first-order chi connectivity index (χ1) is 9.56. The first-order valence-corrected chi connectivity index (χ1v) is 7.74. The Morgan fingerprint density at radius 3 is 2.95 bits per heavy atom. The summed E-state index contributed by atoms with van der Waals surface area (Å²) < 4.78 is 0. The monoisotopic (exact) mass is 313 g/mol. The van der Waals surface area contributed by atoms with Gasteiger partial charge in [0, 0.05) is 11.6 Å². The van der Waals surface area contributed by atoms with Crippen molar-refractivity contribution in [2.45, 2.75) is 13.0 Å². The number of aryl methyl sites for hydroxylation is 1. The van der Waals surface area contributed by atoms with E-state index >= 15 is 0 Å². The molecular formula is C13H16ClN3O2S. The van der Waals surface area contributed by atoms with E-state index in [1.165, 1.54) is 0 Å². The summed E-state index contributed by atoms with van der Waals surface area (Å²) in [7, 11) is 0. The van der Waals surface area contributed by atoms with Crippen LogP contribution in [0.15, 0.2) is 18.2 Å². The average Bonchev–Trinajstić information content (AvgIpc) is 2.93. The van der Waals surface area contributed by atoms with Crippen LogP contribution in [0.2, 0.25) is 5.02 Å². The van der Waals surface area contributed by atoms with Crippen LogP contribution < -0.4 is 16.0 Å². The predicted octanol–water partition coefficient (Wildman–Crippen LogP) is 1.37. The number of carbonyl (C=O) groups is 2. The fraction of sp³-hybridized carbons (Fsp3) is 0.385. The van der Waals surface area contributed by atoms with Crippen molar-refractivity contribution in [3.63, 3.8) is 0 Å². The van der Waals surface area contributed by atoms with Gasteiger partial charge >= 0.3 is 0 Å². The minimum absolute atomic E-state index is 0.0636. The molecule has 1 fully saturated rings. The molecule has 0 bridgehead atoms. The molecule has 1 aromatic rings. The Labute approximate surface area is 126 Å². The van der Waals surface area contributed by atoms with Gasteiger partial charge in [0.15, 0.2) is 0 Å². The van der Waals surface area contributed by atoms with Crippen LogP contribution in [-0.2, 0) is 9.59 Å². The smallest absolute Gasteiger partial charge is 0.243 e. The zero-order valence-electron chi connectivity index (χ0n) is 11.0. The maximum absolute atomic E-state index is 11.8. The number of nitrogens with one attached hydrogen (secondary N) is 3. The van der Waals surface area contributed by atoms with Crippen molar-refractivity contribution in [2.75, 3.05) is 23.5 Å². The minimum atomic E-state index is -0.297. The molecule has 1 atom stereocenters. The van der Waals surface area contributed by atoms with Crippen LogP contribution in [0.5, 0.6) is 0 Å². The Bertz CT molecular complexity index is 518. The van der Waals surface area contributed by atoms with Crippen LogP contribution in [0.3, 0.4) is 0 Å². The third-order valence-electron chi connectivity index (χ3n) is 2.85. The molecule has 20 heavy (non-hydrogen) atoms. The molecule has 7 heteroatoms. The Hall–Kier alpha value is -1.24. The van der Waals surface area contributed by atoms with E-state index in [2.05, 4.69) is 16.0 Å². The van der Waals surface area contributed by atoms with Crippen LogP contribution in [0.4, 0.5) is 5.69 Å². The number of benzene rings is 1. The second-order valence-electron chi connectivity index (χ2n) is 4.52. The summed E-state index contributed by atoms with van der Waals surface area (Å²) in [5, 5.41) is 8.81. The minimum Gasteiger partial charge on any atom is -0.346 e. The largest absolute Gasteiger partial charge is 0.346 e. The number of anilines is 1. The van der Waals surface area contributed by atoms with E-state index < -0.39 is 0 Å². The van der Waals surface area contributed by atoms with Crippen LogP contribution in [0, 0.1) is 6.92 Å². The maximum Gasteiger partial charge on any atom is 0.243 e. The molecular weight excluding hydrogens is 298 g/mol. The van der Waals surface area contributed by atoms with E-state index in [-0.39, 0.29) is 24.4 Å². The number of hydrogen-bond acceptors (Lipinski definition) is 4. The summed E-state index contributed by atoms with van der Waals surface area (Å²) in [6, 6.07) is 5.16. The van der Waals surface area contributed by atoms with Crippen molar-refractivity contribution in [1.82, 2.24) is 10.6 Å². The SMILES string of the molecule is Cc1ccc(NC(=O)CNC(=O)C2CSCN2)c(Cl)c1. The third-order valence-corrected chi connectivity index (χ3v) is 4.11. The third kappa shape index (κ3) is 4.13. The number of thioether (sulfide) groups is 1. The lowest BCUT2D eigenvalue weighted by Gasteiger charge is -2.11. The molecule has 1 unspecified atom stereocenters. The van der Waals surface area contributed by atoms with Gasteiger partial charge in [-0.3, -0.25) is 14.9 Å². The Kier molecular flexibility index (Phi) is 5.28. The quantitative estimate of drug-likeness (QED) is 0.785. The second kappa shape index (κ2) is 6.97.